The summed E-state index contributed by atoms with van der Waals surface area (Å²) in [5.41, 5.74) is 4.29. The van der Waals surface area contributed by atoms with Crippen molar-refractivity contribution in [2.45, 2.75) is 32.5 Å². The van der Waals surface area contributed by atoms with Crippen LogP contribution in [0.2, 0.25) is 0 Å². The maximum absolute atomic E-state index is 14.1. The molecule has 1 aromatic carbocycles. The molecule has 0 radical (unpaired) electrons. The van der Waals surface area contributed by atoms with Crippen LogP contribution in [0.4, 0.5) is 14.9 Å². The molecule has 1 aliphatic rings. The Morgan fingerprint density at radius 1 is 1.48 bits per heavy atom. The first-order valence-electron chi connectivity index (χ1n) is 8.55. The lowest BCUT2D eigenvalue weighted by molar-refractivity contribution is -0.153. The Balaban J connectivity index is 2.00. The van der Waals surface area contributed by atoms with E-state index in [1.807, 2.05) is 0 Å². The number of anilines is 1. The maximum Gasteiger partial charge on any atom is 0.327 e. The van der Waals surface area contributed by atoms with Crippen LogP contribution in [0.1, 0.15) is 36.5 Å². The highest BCUT2D eigenvalue weighted by Gasteiger charge is 2.22. The summed E-state index contributed by atoms with van der Waals surface area (Å²) in [5, 5.41) is 20.0. The van der Waals surface area contributed by atoms with Gasteiger partial charge in [0, 0.05) is 19.2 Å². The van der Waals surface area contributed by atoms with Crippen LogP contribution < -0.4 is 11.1 Å². The van der Waals surface area contributed by atoms with Crippen LogP contribution >= 0.6 is 0 Å². The number of amides is 3. The summed E-state index contributed by atoms with van der Waals surface area (Å²) in [6.07, 6.45) is 2.26. The van der Waals surface area contributed by atoms with Gasteiger partial charge in [-0.25, -0.2) is 9.18 Å². The minimum Gasteiger partial charge on any atom is -0.507 e. The smallest absolute Gasteiger partial charge is 0.327 e. The molecule has 1 aromatic rings. The highest BCUT2D eigenvalue weighted by Crippen LogP contribution is 2.25. The standard InChI is InChI=1S/C17H23FN4O5/c1-2-22(14(19)9-27-15-5-3-4-6-26-15)17(25)21-12-8-13(23)10(16(20)24)7-11(12)18/h7-8,15,19,23H,2-6,9H2,1H3,(H2,20,24)(H,21,25). The summed E-state index contributed by atoms with van der Waals surface area (Å²) >= 11 is 0. The van der Waals surface area contributed by atoms with Crippen LogP contribution in [0, 0.1) is 11.2 Å². The molecule has 0 aromatic heterocycles. The van der Waals surface area contributed by atoms with Gasteiger partial charge in [-0.2, -0.15) is 0 Å². The molecule has 10 heteroatoms. The minimum absolute atomic E-state index is 0.123. The summed E-state index contributed by atoms with van der Waals surface area (Å²) in [6.45, 7) is 2.25. The Morgan fingerprint density at radius 3 is 2.81 bits per heavy atom. The lowest BCUT2D eigenvalue weighted by Crippen LogP contribution is -2.42. The van der Waals surface area contributed by atoms with E-state index in [0.29, 0.717) is 6.61 Å². The maximum atomic E-state index is 14.1. The lowest BCUT2D eigenvalue weighted by Gasteiger charge is -2.26. The van der Waals surface area contributed by atoms with E-state index in [1.165, 1.54) is 0 Å². The molecule has 0 bridgehead atoms. The fourth-order valence-electron chi connectivity index (χ4n) is 2.59. The van der Waals surface area contributed by atoms with Crippen molar-refractivity contribution < 1.29 is 28.6 Å². The first kappa shape index (κ1) is 20.6. The van der Waals surface area contributed by atoms with Gasteiger partial charge < -0.3 is 25.6 Å². The normalized spacial score (nSPS) is 16.6. The SMILES string of the molecule is CCN(C(=N)COC1CCCCO1)C(=O)Nc1cc(O)c(C(N)=O)cc1F. The van der Waals surface area contributed by atoms with Crippen molar-refractivity contribution in [3.05, 3.63) is 23.5 Å². The number of carbonyl (C=O) groups excluding carboxylic acids is 2. The molecule has 27 heavy (non-hydrogen) atoms. The molecule has 0 aliphatic carbocycles. The van der Waals surface area contributed by atoms with E-state index in [9.17, 15) is 19.1 Å². The van der Waals surface area contributed by atoms with E-state index in [-0.39, 0.29) is 24.7 Å². The molecule has 148 valence electrons. The van der Waals surface area contributed by atoms with Crippen molar-refractivity contribution >= 4 is 23.5 Å². The van der Waals surface area contributed by atoms with E-state index in [4.69, 9.17) is 20.6 Å². The number of halogens is 1. The first-order chi connectivity index (χ1) is 12.8. The fraction of sp³-hybridized carbons (Fsp3) is 0.471. The minimum atomic E-state index is -0.997. The number of nitrogens with one attached hydrogen (secondary N) is 2. The molecule has 0 spiro atoms. The van der Waals surface area contributed by atoms with Crippen LogP contribution in [0.5, 0.6) is 5.75 Å². The third kappa shape index (κ3) is 5.38. The van der Waals surface area contributed by atoms with Gasteiger partial charge in [-0.05, 0) is 32.3 Å². The summed E-state index contributed by atoms with van der Waals surface area (Å²) in [7, 11) is 0. The number of likely N-dealkylation sites (N-methyl/N-ethyl adjacent to an activating group) is 1. The number of amidine groups is 1. The molecular weight excluding hydrogens is 359 g/mol. The molecule has 1 saturated heterocycles. The number of ether oxygens (including phenoxy) is 2. The van der Waals surface area contributed by atoms with E-state index >= 15 is 0 Å². The van der Waals surface area contributed by atoms with Crippen molar-refractivity contribution in [2.75, 3.05) is 25.1 Å². The number of nitrogens with two attached hydrogens (primary N) is 1. The average Bonchev–Trinajstić information content (AvgIpc) is 2.64. The summed E-state index contributed by atoms with van der Waals surface area (Å²) < 4.78 is 24.9. The number of carbonyl (C=O) groups is 2. The molecule has 3 amide bonds. The molecule has 1 heterocycles. The summed E-state index contributed by atoms with van der Waals surface area (Å²) in [5.74, 6) is -2.62. The van der Waals surface area contributed by atoms with Gasteiger partial charge in [0.1, 0.15) is 24.0 Å². The predicted octanol–water partition coefficient (Wildman–Crippen LogP) is 2.00. The Labute approximate surface area is 155 Å². The largest absolute Gasteiger partial charge is 0.507 e. The van der Waals surface area contributed by atoms with Gasteiger partial charge in [0.05, 0.1) is 11.3 Å². The van der Waals surface area contributed by atoms with Crippen LogP contribution in [-0.2, 0) is 9.47 Å². The molecule has 5 N–H and O–H groups in total. The molecule has 2 rings (SSSR count). The highest BCUT2D eigenvalue weighted by molar-refractivity contribution is 6.03. The molecular formula is C17H23FN4O5. The average molecular weight is 382 g/mol. The van der Waals surface area contributed by atoms with Gasteiger partial charge in [0.15, 0.2) is 6.29 Å². The number of hydrogen-bond donors (Lipinski definition) is 4. The van der Waals surface area contributed by atoms with Crippen LogP contribution in [0.3, 0.4) is 0 Å². The second-order valence-corrected chi connectivity index (χ2v) is 5.94. The number of aromatic hydroxyl groups is 1. The second kappa shape index (κ2) is 9.28. The first-order valence-corrected chi connectivity index (χ1v) is 8.55. The number of benzene rings is 1. The van der Waals surface area contributed by atoms with Crippen molar-refractivity contribution in [1.82, 2.24) is 4.90 Å². The van der Waals surface area contributed by atoms with Gasteiger partial charge in [0.2, 0.25) is 0 Å². The number of phenols is 1. The quantitative estimate of drug-likeness (QED) is 0.440. The molecule has 1 aliphatic heterocycles. The summed E-state index contributed by atoms with van der Waals surface area (Å²) in [4.78, 5) is 24.5. The molecule has 1 atom stereocenters. The Bertz CT molecular complexity index is 722. The van der Waals surface area contributed by atoms with Gasteiger partial charge in [-0.15, -0.1) is 0 Å². The van der Waals surface area contributed by atoms with Crippen molar-refractivity contribution in [2.24, 2.45) is 5.73 Å². The molecule has 9 nitrogen and oxygen atoms in total. The number of primary amides is 1. The van der Waals surface area contributed by atoms with Gasteiger partial charge in [-0.3, -0.25) is 15.1 Å². The van der Waals surface area contributed by atoms with E-state index in [1.54, 1.807) is 6.92 Å². The third-order valence-corrected chi connectivity index (χ3v) is 4.02. The zero-order valence-electron chi connectivity index (χ0n) is 15.0. The van der Waals surface area contributed by atoms with Crippen molar-refractivity contribution in [3.8, 4) is 5.75 Å². The zero-order valence-corrected chi connectivity index (χ0v) is 15.0. The lowest BCUT2D eigenvalue weighted by atomic mass is 10.1. The van der Waals surface area contributed by atoms with Crippen LogP contribution in [0.15, 0.2) is 12.1 Å². The van der Waals surface area contributed by atoms with Crippen LogP contribution in [-0.4, -0.2) is 53.8 Å². The molecule has 1 fully saturated rings. The number of urea groups is 1. The number of nitrogens with zero attached hydrogens (tertiary/aromatic N) is 1. The summed E-state index contributed by atoms with van der Waals surface area (Å²) in [6, 6.07) is 0.844. The monoisotopic (exact) mass is 382 g/mol. The fourth-order valence-corrected chi connectivity index (χ4v) is 2.59. The van der Waals surface area contributed by atoms with Gasteiger partial charge in [0.25, 0.3) is 5.91 Å². The molecule has 1 unspecified atom stereocenters. The van der Waals surface area contributed by atoms with Crippen LogP contribution in [0.25, 0.3) is 0 Å². The van der Waals surface area contributed by atoms with Crippen molar-refractivity contribution in [3.63, 3.8) is 0 Å². The number of hydrogen-bond acceptors (Lipinski definition) is 6. The van der Waals surface area contributed by atoms with E-state index in [0.717, 1.165) is 36.3 Å². The predicted molar refractivity (Wildman–Crippen MR) is 95.3 cm³/mol. The second-order valence-electron chi connectivity index (χ2n) is 5.94. The molecule has 0 saturated carbocycles. The highest BCUT2D eigenvalue weighted by atomic mass is 19.1. The van der Waals surface area contributed by atoms with Gasteiger partial charge in [-0.1, -0.05) is 0 Å². The van der Waals surface area contributed by atoms with E-state index in [2.05, 4.69) is 5.32 Å². The van der Waals surface area contributed by atoms with Gasteiger partial charge >= 0.3 is 6.03 Å². The van der Waals surface area contributed by atoms with E-state index < -0.39 is 35.4 Å². The Hall–Kier alpha value is -2.72. The zero-order chi connectivity index (χ0) is 20.0. The van der Waals surface area contributed by atoms with Crippen molar-refractivity contribution in [1.29, 1.82) is 5.41 Å². The number of rotatable bonds is 6. The Kier molecular flexibility index (Phi) is 7.08. The Morgan fingerprint density at radius 2 is 2.22 bits per heavy atom. The third-order valence-electron chi connectivity index (χ3n) is 4.02. The topological polar surface area (TPSA) is 138 Å².